The minimum atomic E-state index is -5.08. The normalized spacial score (nSPS) is 13.4. The fourth-order valence-corrected chi connectivity index (χ4v) is 4.69. The number of carboxylic acids is 3. The van der Waals surface area contributed by atoms with Crippen molar-refractivity contribution in [1.29, 1.82) is 0 Å². The van der Waals surface area contributed by atoms with Crippen molar-refractivity contribution < 1.29 is 74.0 Å². The molecule has 0 atom stereocenters. The van der Waals surface area contributed by atoms with E-state index in [1.54, 1.807) is 11.3 Å². The molecule has 5 rings (SSSR count). The molecule has 0 bridgehead atoms. The van der Waals surface area contributed by atoms with Gasteiger partial charge in [0.25, 0.3) is 5.91 Å². The highest BCUT2D eigenvalue weighted by molar-refractivity contribution is 7.09. The summed E-state index contributed by atoms with van der Waals surface area (Å²) < 4.78 is 97.3. The van der Waals surface area contributed by atoms with Crippen LogP contribution in [0.5, 0.6) is 0 Å². The van der Waals surface area contributed by atoms with Crippen LogP contribution in [0.25, 0.3) is 5.52 Å². The zero-order valence-corrected chi connectivity index (χ0v) is 27.1. The average Bonchev–Trinajstić information content (AvgIpc) is 3.74. The van der Waals surface area contributed by atoms with Gasteiger partial charge in [-0.2, -0.15) is 39.5 Å². The highest BCUT2D eigenvalue weighted by Crippen LogP contribution is 2.23. The molecule has 0 aromatic carbocycles. The summed E-state index contributed by atoms with van der Waals surface area (Å²) in [5.74, 6) is -7.17. The maximum Gasteiger partial charge on any atom is 0.490 e. The van der Waals surface area contributed by atoms with Crippen molar-refractivity contribution >= 4 is 46.5 Å². The number of carboxylic acid groups (broad SMARTS) is 3. The zero-order valence-electron chi connectivity index (χ0n) is 26.2. The van der Waals surface area contributed by atoms with Gasteiger partial charge in [0, 0.05) is 61.7 Å². The summed E-state index contributed by atoms with van der Waals surface area (Å²) in [6, 6.07) is 16.3. The van der Waals surface area contributed by atoms with E-state index in [9.17, 15) is 44.3 Å². The Bertz CT molecular complexity index is 1700. The second-order valence-corrected chi connectivity index (χ2v) is 11.2. The molecule has 22 heteroatoms. The van der Waals surface area contributed by atoms with Gasteiger partial charge in [-0.3, -0.25) is 14.7 Å². The van der Waals surface area contributed by atoms with Gasteiger partial charge < -0.3 is 29.9 Å². The predicted molar refractivity (Wildman–Crippen MR) is 166 cm³/mol. The molecule has 1 aliphatic rings. The Kier molecular flexibility index (Phi) is 15.4. The van der Waals surface area contributed by atoms with Crippen molar-refractivity contribution in [3.63, 3.8) is 0 Å². The first-order chi connectivity index (χ1) is 24.1. The summed E-state index contributed by atoms with van der Waals surface area (Å²) in [7, 11) is 0. The quantitative estimate of drug-likeness (QED) is 0.183. The topological polar surface area (TPSA) is 165 Å². The Morgan fingerprint density at radius 2 is 1.29 bits per heavy atom. The van der Waals surface area contributed by atoms with Gasteiger partial charge in [-0.05, 0) is 47.3 Å². The molecule has 1 amide bonds. The van der Waals surface area contributed by atoms with E-state index in [4.69, 9.17) is 29.7 Å². The predicted octanol–water partition coefficient (Wildman–Crippen LogP) is 5.55. The van der Waals surface area contributed by atoms with Crippen LogP contribution in [0, 0.1) is 0 Å². The second-order valence-electron chi connectivity index (χ2n) is 10.2. The van der Waals surface area contributed by atoms with Crippen molar-refractivity contribution in [2.45, 2.75) is 31.6 Å². The number of nitrogens with one attached hydrogen (secondary N) is 1. The molecule has 1 saturated heterocycles. The molecule has 0 unspecified atom stereocenters. The third-order valence-corrected chi connectivity index (χ3v) is 7.32. The van der Waals surface area contributed by atoms with E-state index in [1.165, 1.54) is 5.56 Å². The number of hydrogen-bond acceptors (Lipinski definition) is 8. The lowest BCUT2D eigenvalue weighted by atomic mass is 10.2. The smallest absolute Gasteiger partial charge is 0.475 e. The van der Waals surface area contributed by atoms with Crippen molar-refractivity contribution in [2.24, 2.45) is 0 Å². The minimum Gasteiger partial charge on any atom is -0.475 e. The number of hydrogen-bond donors (Lipinski definition) is 4. The first-order valence-electron chi connectivity index (χ1n) is 14.3. The van der Waals surface area contributed by atoms with Gasteiger partial charge in [0.1, 0.15) is 5.82 Å². The lowest BCUT2D eigenvalue weighted by molar-refractivity contribution is -0.193. The summed E-state index contributed by atoms with van der Waals surface area (Å²) in [5, 5.41) is 26.4. The molecule has 0 radical (unpaired) electrons. The number of aliphatic carboxylic acids is 3. The molecule has 0 aliphatic carbocycles. The Morgan fingerprint density at radius 3 is 1.75 bits per heavy atom. The fraction of sp³-hybridized carbons (Fsp3) is 0.300. The molecule has 1 aliphatic heterocycles. The Balaban J connectivity index is 0.000000365. The zero-order chi connectivity index (χ0) is 39.3. The number of pyridine rings is 2. The van der Waals surface area contributed by atoms with Crippen molar-refractivity contribution in [3.05, 3.63) is 88.5 Å². The number of amides is 1. The number of carbonyl (C=O) groups excluding carboxylic acids is 1. The largest absolute Gasteiger partial charge is 0.490 e. The molecule has 0 spiro atoms. The van der Waals surface area contributed by atoms with Crippen LogP contribution in [0.1, 0.15) is 20.8 Å². The van der Waals surface area contributed by atoms with E-state index in [0.717, 1.165) is 48.9 Å². The highest BCUT2D eigenvalue weighted by Gasteiger charge is 2.39. The van der Waals surface area contributed by atoms with Crippen LogP contribution in [0.4, 0.5) is 45.3 Å². The number of anilines is 1. The summed E-state index contributed by atoms with van der Waals surface area (Å²) >= 11 is 1.65. The summed E-state index contributed by atoms with van der Waals surface area (Å²) in [6.07, 6.45) is -9.54. The van der Waals surface area contributed by atoms with Gasteiger partial charge in [-0.15, -0.1) is 11.3 Å². The van der Waals surface area contributed by atoms with Gasteiger partial charge >= 0.3 is 36.4 Å². The first kappa shape index (κ1) is 42.8. The Labute approximate surface area is 291 Å². The lowest BCUT2D eigenvalue weighted by Crippen LogP contribution is -2.46. The van der Waals surface area contributed by atoms with E-state index in [-0.39, 0.29) is 5.91 Å². The summed E-state index contributed by atoms with van der Waals surface area (Å²) in [6.45, 7) is 5.42. The molecule has 284 valence electrons. The van der Waals surface area contributed by atoms with Crippen LogP contribution in [0.2, 0.25) is 0 Å². The fourth-order valence-electron chi connectivity index (χ4n) is 4.05. The number of alkyl halides is 9. The van der Waals surface area contributed by atoms with Crippen molar-refractivity contribution in [1.82, 2.24) is 19.6 Å². The van der Waals surface area contributed by atoms with E-state index in [1.807, 2.05) is 54.3 Å². The van der Waals surface area contributed by atoms with Gasteiger partial charge in [0.05, 0.1) is 12.1 Å². The van der Waals surface area contributed by atoms with Gasteiger partial charge in [0.15, 0.2) is 0 Å². The number of nitrogens with zero attached hydrogens (tertiary/aromatic N) is 4. The number of piperazine rings is 1. The van der Waals surface area contributed by atoms with Gasteiger partial charge in [0.2, 0.25) is 0 Å². The first-order valence-corrected chi connectivity index (χ1v) is 15.2. The van der Waals surface area contributed by atoms with Crippen LogP contribution in [0.3, 0.4) is 0 Å². The number of thiophene rings is 1. The summed E-state index contributed by atoms with van der Waals surface area (Å²) in [4.78, 5) is 49.6. The van der Waals surface area contributed by atoms with Crippen molar-refractivity contribution in [3.8, 4) is 0 Å². The van der Waals surface area contributed by atoms with Crippen LogP contribution in [0.15, 0.2) is 72.5 Å². The molecule has 0 saturated carbocycles. The second kappa shape index (κ2) is 18.7. The third-order valence-electron chi connectivity index (χ3n) is 6.45. The van der Waals surface area contributed by atoms with E-state index in [2.05, 4.69) is 42.7 Å². The van der Waals surface area contributed by atoms with Crippen LogP contribution >= 0.6 is 11.3 Å². The van der Waals surface area contributed by atoms with Crippen LogP contribution in [-0.2, 0) is 27.5 Å². The van der Waals surface area contributed by atoms with E-state index < -0.39 is 36.4 Å². The molecule has 4 aromatic rings. The van der Waals surface area contributed by atoms with Crippen LogP contribution < -0.4 is 10.2 Å². The number of halogens is 9. The minimum absolute atomic E-state index is 0.0451. The molecule has 12 nitrogen and oxygen atoms in total. The number of carbonyl (C=O) groups is 4. The van der Waals surface area contributed by atoms with Crippen molar-refractivity contribution in [2.75, 3.05) is 31.1 Å². The maximum absolute atomic E-state index is 12.7. The molecular formula is C30H28F9N5O7S. The Morgan fingerprint density at radius 1 is 0.750 bits per heavy atom. The number of rotatable bonds is 6. The maximum atomic E-state index is 12.7. The van der Waals surface area contributed by atoms with E-state index >= 15 is 0 Å². The molecule has 4 aromatic heterocycles. The molecule has 4 N–H and O–H groups in total. The molecular weight excluding hydrogens is 745 g/mol. The highest BCUT2D eigenvalue weighted by atomic mass is 32.1. The summed E-state index contributed by atoms with van der Waals surface area (Å²) in [5.41, 5.74) is 3.03. The van der Waals surface area contributed by atoms with Gasteiger partial charge in [-0.25, -0.2) is 14.4 Å². The van der Waals surface area contributed by atoms with Crippen LogP contribution in [-0.4, -0.2) is 98.1 Å². The third kappa shape index (κ3) is 14.5. The number of aromatic nitrogens is 2. The Hall–Kier alpha value is -5.38. The monoisotopic (exact) mass is 773 g/mol. The number of fused-ring (bicyclic) bond motifs is 1. The molecule has 1 fully saturated rings. The molecule has 52 heavy (non-hydrogen) atoms. The average molecular weight is 774 g/mol. The molecule has 5 heterocycles. The SMILES string of the molecule is O=C(NCc1cccs1)c1ccc2ccc(N3CCN(Cc4cccnc4)CC3)n2c1.O=C(O)C(F)(F)F.O=C(O)C(F)(F)F.O=C(O)C(F)(F)F. The lowest BCUT2D eigenvalue weighted by Gasteiger charge is -2.35. The van der Waals surface area contributed by atoms with E-state index in [0.29, 0.717) is 12.1 Å². The standard InChI is InChI=1S/C24H25N5OS.3C2HF3O2/c30-24(26-16-22-4-2-14-31-22)20-5-6-21-7-8-23(29(21)18-20)28-12-10-27(11-13-28)17-19-3-1-9-25-15-19;3*3-2(4,5)1(6)7/h1-9,14-15,18H,10-13,16-17H2,(H,26,30);3*(H,6,7). The van der Waals surface area contributed by atoms with Gasteiger partial charge in [-0.1, -0.05) is 12.1 Å².